The average molecular weight is 302 g/mol. The third-order valence-electron chi connectivity index (χ3n) is 3.89. The molecule has 0 unspecified atom stereocenters. The van der Waals surface area contributed by atoms with Gasteiger partial charge in [0.1, 0.15) is 5.82 Å². The number of hydrogen-bond acceptors (Lipinski definition) is 2. The van der Waals surface area contributed by atoms with Crippen LogP contribution in [0, 0.1) is 11.2 Å². The SMILES string of the molecule is CCC(CC)(CO)CNC(=O)Cc1c(F)cccc1Cl. The lowest BCUT2D eigenvalue weighted by atomic mass is 9.83. The molecule has 0 saturated carbocycles. The topological polar surface area (TPSA) is 49.3 Å². The number of rotatable bonds is 7. The highest BCUT2D eigenvalue weighted by atomic mass is 35.5. The molecule has 0 saturated heterocycles. The van der Waals surface area contributed by atoms with Gasteiger partial charge in [-0.2, -0.15) is 0 Å². The molecule has 0 aliphatic heterocycles. The van der Waals surface area contributed by atoms with Gasteiger partial charge >= 0.3 is 0 Å². The number of amides is 1. The van der Waals surface area contributed by atoms with Gasteiger partial charge in [0.25, 0.3) is 0 Å². The zero-order valence-electron chi connectivity index (χ0n) is 11.9. The first-order valence-corrected chi connectivity index (χ1v) is 7.16. The van der Waals surface area contributed by atoms with Crippen molar-refractivity contribution in [1.82, 2.24) is 5.32 Å². The van der Waals surface area contributed by atoms with Crippen molar-refractivity contribution < 1.29 is 14.3 Å². The van der Waals surface area contributed by atoms with Crippen LogP contribution in [0.25, 0.3) is 0 Å². The van der Waals surface area contributed by atoms with Crippen LogP contribution in [-0.4, -0.2) is 24.2 Å². The van der Waals surface area contributed by atoms with Gasteiger partial charge in [0.2, 0.25) is 5.91 Å². The fourth-order valence-electron chi connectivity index (χ4n) is 1.99. The molecule has 0 radical (unpaired) electrons. The molecule has 0 bridgehead atoms. The highest BCUT2D eigenvalue weighted by Crippen LogP contribution is 2.24. The Morgan fingerprint density at radius 3 is 2.55 bits per heavy atom. The third kappa shape index (κ3) is 4.18. The molecule has 0 heterocycles. The lowest BCUT2D eigenvalue weighted by molar-refractivity contribution is -0.121. The highest BCUT2D eigenvalue weighted by molar-refractivity contribution is 6.31. The minimum atomic E-state index is -0.480. The maximum atomic E-state index is 13.6. The molecule has 20 heavy (non-hydrogen) atoms. The Hall–Kier alpha value is -1.13. The largest absolute Gasteiger partial charge is 0.396 e. The molecule has 5 heteroatoms. The van der Waals surface area contributed by atoms with Crippen LogP contribution in [0.1, 0.15) is 32.3 Å². The van der Waals surface area contributed by atoms with E-state index in [9.17, 15) is 14.3 Å². The summed E-state index contributed by atoms with van der Waals surface area (Å²) in [5.74, 6) is -0.774. The van der Waals surface area contributed by atoms with Gasteiger partial charge in [0, 0.05) is 22.5 Å². The van der Waals surface area contributed by atoms with Gasteiger partial charge < -0.3 is 10.4 Å². The van der Waals surface area contributed by atoms with E-state index in [4.69, 9.17) is 11.6 Å². The van der Waals surface area contributed by atoms with Crippen molar-refractivity contribution in [2.75, 3.05) is 13.2 Å². The molecule has 1 aromatic carbocycles. The Morgan fingerprint density at radius 2 is 2.05 bits per heavy atom. The van der Waals surface area contributed by atoms with Crippen LogP contribution in [0.2, 0.25) is 5.02 Å². The molecule has 1 rings (SSSR count). The van der Waals surface area contributed by atoms with E-state index in [-0.39, 0.29) is 34.9 Å². The first-order valence-electron chi connectivity index (χ1n) is 6.78. The molecular formula is C15H21ClFNO2. The van der Waals surface area contributed by atoms with Crippen LogP contribution >= 0.6 is 11.6 Å². The lowest BCUT2D eigenvalue weighted by Gasteiger charge is -2.29. The van der Waals surface area contributed by atoms with Crippen molar-refractivity contribution in [3.63, 3.8) is 0 Å². The number of nitrogens with one attached hydrogen (secondary N) is 1. The van der Waals surface area contributed by atoms with Crippen molar-refractivity contribution in [2.45, 2.75) is 33.1 Å². The fourth-order valence-corrected chi connectivity index (χ4v) is 2.22. The maximum Gasteiger partial charge on any atom is 0.224 e. The summed E-state index contributed by atoms with van der Waals surface area (Å²) in [5.41, 5.74) is -0.108. The van der Waals surface area contributed by atoms with Gasteiger partial charge in [-0.3, -0.25) is 4.79 Å². The molecule has 1 amide bonds. The molecule has 0 aromatic heterocycles. The standard InChI is InChI=1S/C15H21ClFNO2/c1-3-15(4-2,10-19)9-18-14(20)8-11-12(16)6-5-7-13(11)17/h5-7,19H,3-4,8-10H2,1-2H3,(H,18,20). The molecule has 3 nitrogen and oxygen atoms in total. The van der Waals surface area contributed by atoms with Crippen LogP contribution in [-0.2, 0) is 11.2 Å². The monoisotopic (exact) mass is 301 g/mol. The van der Waals surface area contributed by atoms with Crippen LogP contribution in [0.15, 0.2) is 18.2 Å². The number of halogens is 2. The van der Waals surface area contributed by atoms with E-state index >= 15 is 0 Å². The number of hydrogen-bond donors (Lipinski definition) is 2. The van der Waals surface area contributed by atoms with Gasteiger partial charge in [-0.1, -0.05) is 31.5 Å². The van der Waals surface area contributed by atoms with Crippen LogP contribution in [0.4, 0.5) is 4.39 Å². The van der Waals surface area contributed by atoms with E-state index in [1.807, 2.05) is 13.8 Å². The Balaban J connectivity index is 2.65. The first-order chi connectivity index (χ1) is 9.48. The van der Waals surface area contributed by atoms with Crippen molar-refractivity contribution >= 4 is 17.5 Å². The summed E-state index contributed by atoms with van der Waals surface area (Å²) in [6, 6.07) is 4.35. The van der Waals surface area contributed by atoms with E-state index in [1.54, 1.807) is 6.07 Å². The Morgan fingerprint density at radius 1 is 1.40 bits per heavy atom. The quantitative estimate of drug-likeness (QED) is 0.813. The Kier molecular flexibility index (Phi) is 6.43. The van der Waals surface area contributed by atoms with E-state index in [2.05, 4.69) is 5.32 Å². The molecule has 0 aliphatic rings. The second-order valence-electron chi connectivity index (χ2n) is 5.02. The minimum Gasteiger partial charge on any atom is -0.396 e. The second kappa shape index (κ2) is 7.60. The second-order valence-corrected chi connectivity index (χ2v) is 5.43. The number of carbonyl (C=O) groups excluding carboxylic acids is 1. The summed E-state index contributed by atoms with van der Waals surface area (Å²) in [4.78, 5) is 11.9. The normalized spacial score (nSPS) is 11.4. The molecular weight excluding hydrogens is 281 g/mol. The third-order valence-corrected chi connectivity index (χ3v) is 4.25. The number of carbonyl (C=O) groups is 1. The lowest BCUT2D eigenvalue weighted by Crippen LogP contribution is -2.40. The minimum absolute atomic E-state index is 0.0146. The summed E-state index contributed by atoms with van der Waals surface area (Å²) in [6.45, 7) is 4.33. The predicted molar refractivity (Wildman–Crippen MR) is 78.2 cm³/mol. The zero-order valence-corrected chi connectivity index (χ0v) is 12.6. The predicted octanol–water partition coefficient (Wildman–Crippen LogP) is 2.94. The maximum absolute atomic E-state index is 13.6. The van der Waals surface area contributed by atoms with Gasteiger partial charge in [0.15, 0.2) is 0 Å². The van der Waals surface area contributed by atoms with Gasteiger partial charge in [-0.05, 0) is 25.0 Å². The van der Waals surface area contributed by atoms with Gasteiger partial charge in [-0.15, -0.1) is 0 Å². The van der Waals surface area contributed by atoms with Crippen LogP contribution in [0.5, 0.6) is 0 Å². The van der Waals surface area contributed by atoms with Gasteiger partial charge in [0.05, 0.1) is 13.0 Å². The van der Waals surface area contributed by atoms with Crippen molar-refractivity contribution in [2.24, 2.45) is 5.41 Å². The van der Waals surface area contributed by atoms with E-state index in [1.165, 1.54) is 12.1 Å². The first kappa shape index (κ1) is 16.9. The molecule has 112 valence electrons. The fraction of sp³-hybridized carbons (Fsp3) is 0.533. The van der Waals surface area contributed by atoms with Crippen LogP contribution in [0.3, 0.4) is 0 Å². The average Bonchev–Trinajstić information content (AvgIpc) is 2.45. The molecule has 0 aliphatic carbocycles. The summed E-state index contributed by atoms with van der Waals surface area (Å²) in [7, 11) is 0. The van der Waals surface area contributed by atoms with E-state index < -0.39 is 5.82 Å². The smallest absolute Gasteiger partial charge is 0.224 e. The molecule has 2 N–H and O–H groups in total. The summed E-state index contributed by atoms with van der Waals surface area (Å²) < 4.78 is 13.6. The van der Waals surface area contributed by atoms with Gasteiger partial charge in [-0.25, -0.2) is 4.39 Å². The summed E-state index contributed by atoms with van der Waals surface area (Å²) in [6.07, 6.45) is 1.43. The molecule has 0 fully saturated rings. The number of aliphatic hydroxyl groups excluding tert-OH is 1. The van der Waals surface area contributed by atoms with E-state index in [0.717, 1.165) is 12.8 Å². The summed E-state index contributed by atoms with van der Waals surface area (Å²) >= 11 is 5.89. The van der Waals surface area contributed by atoms with Crippen molar-refractivity contribution in [3.05, 3.63) is 34.6 Å². The Bertz CT molecular complexity index is 433. The Labute approximate surface area is 124 Å². The highest BCUT2D eigenvalue weighted by Gasteiger charge is 2.26. The molecule has 1 aromatic rings. The number of benzene rings is 1. The molecule has 0 spiro atoms. The molecule has 0 atom stereocenters. The number of aliphatic hydroxyl groups is 1. The van der Waals surface area contributed by atoms with Crippen molar-refractivity contribution in [1.29, 1.82) is 0 Å². The van der Waals surface area contributed by atoms with Crippen molar-refractivity contribution in [3.8, 4) is 0 Å². The zero-order chi connectivity index (χ0) is 15.2. The van der Waals surface area contributed by atoms with E-state index in [0.29, 0.717) is 6.54 Å². The van der Waals surface area contributed by atoms with Crippen LogP contribution < -0.4 is 5.32 Å². The summed E-state index contributed by atoms with van der Waals surface area (Å²) in [5, 5.41) is 12.4.